The Balaban J connectivity index is 1.90. The lowest BCUT2D eigenvalue weighted by Gasteiger charge is -2.32. The number of piperidine rings is 1. The van der Waals surface area contributed by atoms with Gasteiger partial charge in [0.2, 0.25) is 5.91 Å². The summed E-state index contributed by atoms with van der Waals surface area (Å²) >= 11 is 0. The summed E-state index contributed by atoms with van der Waals surface area (Å²) in [6.07, 6.45) is 3.11. The second-order valence-corrected chi connectivity index (χ2v) is 6.07. The monoisotopic (exact) mass is 320 g/mol. The highest BCUT2D eigenvalue weighted by Gasteiger charge is 2.29. The minimum absolute atomic E-state index is 0.0553. The summed E-state index contributed by atoms with van der Waals surface area (Å²) in [5, 5.41) is 3.07. The first-order valence-corrected chi connectivity index (χ1v) is 8.41. The Morgan fingerprint density at radius 1 is 1.22 bits per heavy atom. The fourth-order valence-corrected chi connectivity index (χ4v) is 2.96. The van der Waals surface area contributed by atoms with E-state index in [2.05, 4.69) is 19.2 Å². The van der Waals surface area contributed by atoms with Crippen molar-refractivity contribution in [3.63, 3.8) is 0 Å². The highest BCUT2D eigenvalue weighted by atomic mass is 19.1. The van der Waals surface area contributed by atoms with Crippen molar-refractivity contribution in [3.05, 3.63) is 35.6 Å². The van der Waals surface area contributed by atoms with Crippen molar-refractivity contribution in [1.82, 2.24) is 10.2 Å². The van der Waals surface area contributed by atoms with Crippen molar-refractivity contribution in [1.29, 1.82) is 0 Å². The quantitative estimate of drug-likeness (QED) is 0.907. The molecule has 0 bridgehead atoms. The standard InChI is InChI=1S/C18H25FN2O2/c1-3-14(4-2)20-17(22)13-9-11-21(12-10-13)18(23)15-7-5-6-8-16(15)19/h5-8,13-14H,3-4,9-12H2,1-2H3,(H,20,22). The first-order chi connectivity index (χ1) is 11.1. The maximum atomic E-state index is 13.7. The van der Waals surface area contributed by atoms with E-state index in [1.165, 1.54) is 12.1 Å². The molecule has 0 saturated carbocycles. The van der Waals surface area contributed by atoms with E-state index in [0.717, 1.165) is 12.8 Å². The molecule has 1 heterocycles. The van der Waals surface area contributed by atoms with E-state index in [1.54, 1.807) is 17.0 Å². The zero-order chi connectivity index (χ0) is 16.8. The molecule has 4 nitrogen and oxygen atoms in total. The number of hydrogen-bond donors (Lipinski definition) is 1. The van der Waals surface area contributed by atoms with Crippen LogP contribution < -0.4 is 5.32 Å². The number of nitrogens with one attached hydrogen (secondary N) is 1. The molecule has 0 spiro atoms. The zero-order valence-corrected chi connectivity index (χ0v) is 13.8. The molecule has 1 saturated heterocycles. The van der Waals surface area contributed by atoms with Crippen LogP contribution in [0.5, 0.6) is 0 Å². The Kier molecular flexibility index (Phi) is 6.13. The van der Waals surface area contributed by atoms with Crippen LogP contribution in [-0.4, -0.2) is 35.8 Å². The topological polar surface area (TPSA) is 49.4 Å². The summed E-state index contributed by atoms with van der Waals surface area (Å²) in [5.41, 5.74) is 0.104. The fraction of sp³-hybridized carbons (Fsp3) is 0.556. The Labute approximate surface area is 137 Å². The molecule has 0 atom stereocenters. The van der Waals surface area contributed by atoms with Gasteiger partial charge in [-0.15, -0.1) is 0 Å². The second-order valence-electron chi connectivity index (χ2n) is 6.07. The average molecular weight is 320 g/mol. The van der Waals surface area contributed by atoms with Gasteiger partial charge in [-0.3, -0.25) is 9.59 Å². The van der Waals surface area contributed by atoms with Crippen LogP contribution in [0, 0.1) is 11.7 Å². The van der Waals surface area contributed by atoms with Crippen LogP contribution in [0.3, 0.4) is 0 Å². The van der Waals surface area contributed by atoms with Crippen LogP contribution in [0.2, 0.25) is 0 Å². The number of nitrogens with zero attached hydrogens (tertiary/aromatic N) is 1. The zero-order valence-electron chi connectivity index (χ0n) is 13.8. The lowest BCUT2D eigenvalue weighted by atomic mass is 9.94. The van der Waals surface area contributed by atoms with Gasteiger partial charge in [0.25, 0.3) is 5.91 Å². The minimum atomic E-state index is -0.494. The molecular formula is C18H25FN2O2. The van der Waals surface area contributed by atoms with E-state index in [1.807, 2.05) is 0 Å². The molecule has 1 aliphatic rings. The van der Waals surface area contributed by atoms with Crippen molar-refractivity contribution in [3.8, 4) is 0 Å². The summed E-state index contributed by atoms with van der Waals surface area (Å²) in [6, 6.07) is 6.25. The van der Waals surface area contributed by atoms with E-state index in [9.17, 15) is 14.0 Å². The van der Waals surface area contributed by atoms with Gasteiger partial charge >= 0.3 is 0 Å². The smallest absolute Gasteiger partial charge is 0.256 e. The van der Waals surface area contributed by atoms with E-state index < -0.39 is 5.82 Å². The van der Waals surface area contributed by atoms with Crippen LogP contribution in [-0.2, 0) is 4.79 Å². The predicted molar refractivity (Wildman–Crippen MR) is 87.5 cm³/mol. The van der Waals surface area contributed by atoms with Crippen LogP contribution in [0.25, 0.3) is 0 Å². The van der Waals surface area contributed by atoms with Gasteiger partial charge in [-0.2, -0.15) is 0 Å². The van der Waals surface area contributed by atoms with Gasteiger partial charge < -0.3 is 10.2 Å². The molecule has 1 aromatic rings. The third kappa shape index (κ3) is 4.30. The molecule has 2 rings (SSSR count). The van der Waals surface area contributed by atoms with E-state index in [0.29, 0.717) is 25.9 Å². The molecule has 1 aromatic carbocycles. The van der Waals surface area contributed by atoms with Crippen molar-refractivity contribution < 1.29 is 14.0 Å². The molecule has 1 fully saturated rings. The molecule has 0 aromatic heterocycles. The molecule has 0 radical (unpaired) electrons. The summed E-state index contributed by atoms with van der Waals surface area (Å²) in [5.74, 6) is -0.759. The molecule has 23 heavy (non-hydrogen) atoms. The fourth-order valence-electron chi connectivity index (χ4n) is 2.96. The second kappa shape index (κ2) is 8.09. The molecule has 0 aliphatic carbocycles. The van der Waals surface area contributed by atoms with Gasteiger partial charge in [0.15, 0.2) is 0 Å². The first kappa shape index (κ1) is 17.4. The summed E-state index contributed by atoms with van der Waals surface area (Å²) in [7, 11) is 0. The SMILES string of the molecule is CCC(CC)NC(=O)C1CCN(C(=O)c2ccccc2F)CC1. The van der Waals surface area contributed by atoms with Gasteiger partial charge in [-0.25, -0.2) is 4.39 Å². The summed E-state index contributed by atoms with van der Waals surface area (Å²) in [4.78, 5) is 26.2. The van der Waals surface area contributed by atoms with Crippen molar-refractivity contribution in [2.45, 2.75) is 45.6 Å². The lowest BCUT2D eigenvalue weighted by molar-refractivity contribution is -0.127. The number of rotatable bonds is 5. The van der Waals surface area contributed by atoms with E-state index in [4.69, 9.17) is 0 Å². The Bertz CT molecular complexity index is 550. The molecule has 5 heteroatoms. The van der Waals surface area contributed by atoms with Crippen molar-refractivity contribution in [2.24, 2.45) is 5.92 Å². The summed E-state index contributed by atoms with van der Waals surface area (Å²) < 4.78 is 13.7. The largest absolute Gasteiger partial charge is 0.353 e. The molecule has 126 valence electrons. The number of likely N-dealkylation sites (tertiary alicyclic amines) is 1. The van der Waals surface area contributed by atoms with Gasteiger partial charge in [0.05, 0.1) is 5.56 Å². The van der Waals surface area contributed by atoms with Crippen LogP contribution in [0.4, 0.5) is 4.39 Å². The number of carbonyl (C=O) groups excluding carboxylic acids is 2. The maximum Gasteiger partial charge on any atom is 0.256 e. The van der Waals surface area contributed by atoms with E-state index in [-0.39, 0.29) is 29.3 Å². The minimum Gasteiger partial charge on any atom is -0.353 e. The van der Waals surface area contributed by atoms with Gasteiger partial charge in [-0.1, -0.05) is 26.0 Å². The van der Waals surface area contributed by atoms with Crippen LogP contribution in [0.1, 0.15) is 49.9 Å². The normalized spacial score (nSPS) is 15.7. The molecule has 0 unspecified atom stereocenters. The number of amides is 2. The maximum absolute atomic E-state index is 13.7. The number of halogens is 1. The Hall–Kier alpha value is -1.91. The number of hydrogen-bond acceptors (Lipinski definition) is 2. The predicted octanol–water partition coefficient (Wildman–Crippen LogP) is 2.98. The summed E-state index contributed by atoms with van der Waals surface area (Å²) in [6.45, 7) is 5.11. The Morgan fingerprint density at radius 2 is 1.83 bits per heavy atom. The highest BCUT2D eigenvalue weighted by molar-refractivity contribution is 5.94. The van der Waals surface area contributed by atoms with Gasteiger partial charge in [0, 0.05) is 25.0 Å². The third-order valence-corrected chi connectivity index (χ3v) is 4.59. The van der Waals surface area contributed by atoms with E-state index >= 15 is 0 Å². The van der Waals surface area contributed by atoms with Gasteiger partial charge in [-0.05, 0) is 37.8 Å². The van der Waals surface area contributed by atoms with Crippen molar-refractivity contribution in [2.75, 3.05) is 13.1 Å². The number of carbonyl (C=O) groups is 2. The van der Waals surface area contributed by atoms with Crippen LogP contribution >= 0.6 is 0 Å². The molecule has 1 aliphatic heterocycles. The van der Waals surface area contributed by atoms with Gasteiger partial charge in [0.1, 0.15) is 5.82 Å². The highest BCUT2D eigenvalue weighted by Crippen LogP contribution is 2.20. The number of benzene rings is 1. The first-order valence-electron chi connectivity index (χ1n) is 8.41. The van der Waals surface area contributed by atoms with Crippen LogP contribution in [0.15, 0.2) is 24.3 Å². The average Bonchev–Trinajstić information content (AvgIpc) is 2.59. The Morgan fingerprint density at radius 3 is 2.39 bits per heavy atom. The third-order valence-electron chi connectivity index (χ3n) is 4.59. The lowest BCUT2D eigenvalue weighted by Crippen LogP contribution is -2.45. The van der Waals surface area contributed by atoms with Crippen molar-refractivity contribution >= 4 is 11.8 Å². The molecule has 1 N–H and O–H groups in total. The molecular weight excluding hydrogens is 295 g/mol. The molecule has 2 amide bonds.